The lowest BCUT2D eigenvalue weighted by Gasteiger charge is -2.04. The maximum Gasteiger partial charge on any atom is 0.218 e. The summed E-state index contributed by atoms with van der Waals surface area (Å²) >= 11 is 0. The summed E-state index contributed by atoms with van der Waals surface area (Å²) < 4.78 is 5.16. The Morgan fingerprint density at radius 1 is 1.64 bits per heavy atom. The van der Waals surface area contributed by atoms with Crippen molar-refractivity contribution in [3.05, 3.63) is 23.9 Å². The van der Waals surface area contributed by atoms with Gasteiger partial charge in [0.15, 0.2) is 0 Å². The quantitative estimate of drug-likeness (QED) is 0.703. The average Bonchev–Trinajstić information content (AvgIpc) is 2.06. The summed E-state index contributed by atoms with van der Waals surface area (Å²) in [5, 5.41) is 8.83. The zero-order valence-corrected chi connectivity index (χ0v) is 6.45. The van der Waals surface area contributed by atoms with Gasteiger partial charge in [-0.05, 0) is 19.1 Å². The number of nitrogens with zero attached hydrogens (tertiary/aromatic N) is 1. The minimum absolute atomic E-state index is 0.0246. The molecule has 60 valence electrons. The van der Waals surface area contributed by atoms with Gasteiger partial charge in [-0.25, -0.2) is 4.98 Å². The molecule has 0 spiro atoms. The highest BCUT2D eigenvalue weighted by Gasteiger charge is 2.00. The van der Waals surface area contributed by atoms with Crippen LogP contribution < -0.4 is 4.74 Å². The van der Waals surface area contributed by atoms with Gasteiger partial charge in [-0.2, -0.15) is 0 Å². The molecule has 11 heavy (non-hydrogen) atoms. The summed E-state index contributed by atoms with van der Waals surface area (Å²) in [6.07, 6.45) is 1.64. The van der Waals surface area contributed by atoms with Crippen LogP contribution in [0.3, 0.4) is 0 Å². The number of pyridine rings is 1. The molecule has 0 fully saturated rings. The molecular formula is C8H11NO2. The highest BCUT2D eigenvalue weighted by atomic mass is 16.5. The predicted octanol–water partition coefficient (Wildman–Crippen LogP) is 0.973. The van der Waals surface area contributed by atoms with Crippen molar-refractivity contribution < 1.29 is 9.84 Å². The second-order valence-corrected chi connectivity index (χ2v) is 2.06. The van der Waals surface area contributed by atoms with Gasteiger partial charge in [-0.15, -0.1) is 0 Å². The van der Waals surface area contributed by atoms with Crippen LogP contribution in [0, 0.1) is 0 Å². The Labute approximate surface area is 65.7 Å². The molecule has 0 aromatic carbocycles. The first-order valence-corrected chi connectivity index (χ1v) is 3.56. The third-order valence-corrected chi connectivity index (χ3v) is 1.30. The van der Waals surface area contributed by atoms with Gasteiger partial charge >= 0.3 is 0 Å². The zero-order chi connectivity index (χ0) is 8.10. The van der Waals surface area contributed by atoms with E-state index in [1.54, 1.807) is 18.3 Å². The van der Waals surface area contributed by atoms with Crippen molar-refractivity contribution in [2.45, 2.75) is 13.5 Å². The molecule has 1 heterocycles. The first-order chi connectivity index (χ1) is 5.38. The molecule has 0 saturated heterocycles. The maximum absolute atomic E-state index is 8.83. The highest BCUT2D eigenvalue weighted by molar-refractivity contribution is 5.24. The molecule has 1 aromatic rings. The molecule has 0 bridgehead atoms. The zero-order valence-electron chi connectivity index (χ0n) is 6.45. The molecule has 1 aromatic heterocycles. The van der Waals surface area contributed by atoms with Gasteiger partial charge in [0, 0.05) is 11.8 Å². The lowest BCUT2D eigenvalue weighted by Crippen LogP contribution is -1.98. The van der Waals surface area contributed by atoms with Gasteiger partial charge in [0.25, 0.3) is 0 Å². The number of hydrogen-bond donors (Lipinski definition) is 1. The van der Waals surface area contributed by atoms with E-state index >= 15 is 0 Å². The van der Waals surface area contributed by atoms with E-state index in [2.05, 4.69) is 4.98 Å². The number of rotatable bonds is 3. The second kappa shape index (κ2) is 3.93. The van der Waals surface area contributed by atoms with Crippen molar-refractivity contribution in [3.63, 3.8) is 0 Å². The van der Waals surface area contributed by atoms with Gasteiger partial charge in [0.1, 0.15) is 0 Å². The summed E-state index contributed by atoms with van der Waals surface area (Å²) in [5.74, 6) is 0.525. The fourth-order valence-electron chi connectivity index (χ4n) is 0.811. The Morgan fingerprint density at radius 2 is 2.45 bits per heavy atom. The largest absolute Gasteiger partial charge is 0.478 e. The third kappa shape index (κ3) is 1.91. The van der Waals surface area contributed by atoms with E-state index < -0.39 is 0 Å². The van der Waals surface area contributed by atoms with Crippen LogP contribution in [0.5, 0.6) is 5.88 Å². The minimum atomic E-state index is -0.0246. The second-order valence-electron chi connectivity index (χ2n) is 2.06. The fraction of sp³-hybridized carbons (Fsp3) is 0.375. The summed E-state index contributed by atoms with van der Waals surface area (Å²) in [5.41, 5.74) is 0.731. The number of aliphatic hydroxyl groups excluding tert-OH is 1. The number of aliphatic hydroxyl groups is 1. The lowest BCUT2D eigenvalue weighted by atomic mass is 10.3. The van der Waals surface area contributed by atoms with E-state index in [0.29, 0.717) is 12.5 Å². The van der Waals surface area contributed by atoms with Gasteiger partial charge < -0.3 is 9.84 Å². The molecular weight excluding hydrogens is 142 g/mol. The van der Waals surface area contributed by atoms with E-state index in [1.807, 2.05) is 6.92 Å². The summed E-state index contributed by atoms with van der Waals surface area (Å²) in [7, 11) is 0. The molecule has 0 aliphatic carbocycles. The Hall–Kier alpha value is -1.09. The molecule has 0 aliphatic heterocycles. The topological polar surface area (TPSA) is 42.4 Å². The molecule has 0 unspecified atom stereocenters. The van der Waals surface area contributed by atoms with Crippen LogP contribution in [0.25, 0.3) is 0 Å². The van der Waals surface area contributed by atoms with Gasteiger partial charge in [-0.1, -0.05) is 0 Å². The van der Waals surface area contributed by atoms with E-state index in [4.69, 9.17) is 9.84 Å². The number of aromatic nitrogens is 1. The number of hydrogen-bond acceptors (Lipinski definition) is 3. The van der Waals surface area contributed by atoms with Crippen molar-refractivity contribution in [1.82, 2.24) is 4.98 Å². The molecule has 0 amide bonds. The first-order valence-electron chi connectivity index (χ1n) is 3.56. The molecule has 3 nitrogen and oxygen atoms in total. The summed E-state index contributed by atoms with van der Waals surface area (Å²) in [6.45, 7) is 2.43. The molecule has 0 atom stereocenters. The van der Waals surface area contributed by atoms with E-state index in [-0.39, 0.29) is 6.61 Å². The van der Waals surface area contributed by atoms with Crippen LogP contribution in [-0.2, 0) is 6.61 Å². The third-order valence-electron chi connectivity index (χ3n) is 1.30. The van der Waals surface area contributed by atoms with Crippen molar-refractivity contribution in [1.29, 1.82) is 0 Å². The fourth-order valence-corrected chi connectivity index (χ4v) is 0.811. The Bertz CT molecular complexity index is 225. The van der Waals surface area contributed by atoms with Crippen molar-refractivity contribution >= 4 is 0 Å². The minimum Gasteiger partial charge on any atom is -0.478 e. The van der Waals surface area contributed by atoms with Crippen LogP contribution in [0.4, 0.5) is 0 Å². The summed E-state index contributed by atoms with van der Waals surface area (Å²) in [4.78, 5) is 3.96. The van der Waals surface area contributed by atoms with Crippen LogP contribution in [0.15, 0.2) is 18.3 Å². The Morgan fingerprint density at radius 3 is 3.09 bits per heavy atom. The van der Waals surface area contributed by atoms with Crippen molar-refractivity contribution in [2.24, 2.45) is 0 Å². The van der Waals surface area contributed by atoms with Crippen LogP contribution >= 0.6 is 0 Å². The average molecular weight is 153 g/mol. The smallest absolute Gasteiger partial charge is 0.218 e. The molecule has 0 aliphatic rings. The number of ether oxygens (including phenoxy) is 1. The van der Waals surface area contributed by atoms with E-state index in [1.165, 1.54) is 0 Å². The van der Waals surface area contributed by atoms with E-state index in [0.717, 1.165) is 5.56 Å². The summed E-state index contributed by atoms with van der Waals surface area (Å²) in [6, 6.07) is 3.56. The standard InChI is InChI=1S/C8H11NO2/c1-2-11-8-7(6-10)4-3-5-9-8/h3-5,10H,2,6H2,1H3. The molecule has 0 saturated carbocycles. The molecule has 0 radical (unpaired) electrons. The van der Waals surface area contributed by atoms with Gasteiger partial charge in [0.05, 0.1) is 13.2 Å². The van der Waals surface area contributed by atoms with E-state index in [9.17, 15) is 0 Å². The van der Waals surface area contributed by atoms with Gasteiger partial charge in [0.2, 0.25) is 5.88 Å². The van der Waals surface area contributed by atoms with Crippen molar-refractivity contribution in [2.75, 3.05) is 6.61 Å². The van der Waals surface area contributed by atoms with Gasteiger partial charge in [-0.3, -0.25) is 0 Å². The SMILES string of the molecule is CCOc1ncccc1CO. The van der Waals surface area contributed by atoms with Crippen LogP contribution in [0.2, 0.25) is 0 Å². The molecule has 1 N–H and O–H groups in total. The molecule has 3 heteroatoms. The first kappa shape index (κ1) is 8.01. The van der Waals surface area contributed by atoms with Crippen LogP contribution in [0.1, 0.15) is 12.5 Å². The van der Waals surface area contributed by atoms with Crippen LogP contribution in [-0.4, -0.2) is 16.7 Å². The predicted molar refractivity (Wildman–Crippen MR) is 41.3 cm³/mol. The maximum atomic E-state index is 8.83. The molecule has 1 rings (SSSR count). The normalized spacial score (nSPS) is 9.64. The highest BCUT2D eigenvalue weighted by Crippen LogP contribution is 2.13. The Balaban J connectivity index is 2.83. The lowest BCUT2D eigenvalue weighted by molar-refractivity contribution is 0.263. The Kier molecular flexibility index (Phi) is 2.86. The van der Waals surface area contributed by atoms with Crippen molar-refractivity contribution in [3.8, 4) is 5.88 Å². The monoisotopic (exact) mass is 153 g/mol.